The first-order chi connectivity index (χ1) is 6.90. The summed E-state index contributed by atoms with van der Waals surface area (Å²) < 4.78 is 5.81. The van der Waals surface area contributed by atoms with Crippen LogP contribution in [0.3, 0.4) is 0 Å². The third kappa shape index (κ3) is 2.35. The van der Waals surface area contributed by atoms with Gasteiger partial charge in [-0.25, -0.2) is 0 Å². The van der Waals surface area contributed by atoms with Gasteiger partial charge in [0.05, 0.1) is 6.10 Å². The van der Waals surface area contributed by atoms with Gasteiger partial charge in [-0.05, 0) is 38.0 Å². The quantitative estimate of drug-likeness (QED) is 0.635. The highest BCUT2D eigenvalue weighted by molar-refractivity contribution is 5.56. The molecule has 1 saturated heterocycles. The van der Waals surface area contributed by atoms with E-state index in [9.17, 15) is 4.79 Å². The van der Waals surface area contributed by atoms with E-state index in [1.165, 1.54) is 44.9 Å². The molecule has 14 heavy (non-hydrogen) atoms. The fourth-order valence-electron chi connectivity index (χ4n) is 2.83. The van der Waals surface area contributed by atoms with Crippen LogP contribution in [-0.2, 0) is 9.53 Å². The van der Waals surface area contributed by atoms with Crippen LogP contribution in [0.1, 0.15) is 51.4 Å². The fourth-order valence-corrected chi connectivity index (χ4v) is 2.83. The average Bonchev–Trinajstić information content (AvgIpc) is 2.30. The Morgan fingerprint density at radius 2 is 1.71 bits per heavy atom. The van der Waals surface area contributed by atoms with Crippen molar-refractivity contribution in [3.8, 4) is 0 Å². The van der Waals surface area contributed by atoms with Crippen LogP contribution in [0.15, 0.2) is 0 Å². The number of aldehydes is 1. The molecule has 2 atom stereocenters. The van der Waals surface area contributed by atoms with Crippen molar-refractivity contribution in [1.82, 2.24) is 0 Å². The van der Waals surface area contributed by atoms with E-state index in [0.29, 0.717) is 6.10 Å². The Balaban J connectivity index is 1.86. The molecule has 0 N–H and O–H groups in total. The van der Waals surface area contributed by atoms with E-state index in [0.717, 1.165) is 18.6 Å². The molecule has 0 spiro atoms. The molecule has 2 rings (SSSR count). The van der Waals surface area contributed by atoms with Gasteiger partial charge in [-0.1, -0.05) is 19.3 Å². The van der Waals surface area contributed by atoms with Crippen LogP contribution in [0.4, 0.5) is 0 Å². The van der Waals surface area contributed by atoms with E-state index in [2.05, 4.69) is 0 Å². The summed E-state index contributed by atoms with van der Waals surface area (Å²) in [5.41, 5.74) is 0. The summed E-state index contributed by atoms with van der Waals surface area (Å²) in [6.07, 6.45) is 11.3. The van der Waals surface area contributed by atoms with Crippen molar-refractivity contribution in [2.24, 2.45) is 5.92 Å². The van der Waals surface area contributed by atoms with Crippen LogP contribution >= 0.6 is 0 Å². The number of carbonyl (C=O) groups excluding carboxylic acids is 1. The predicted molar refractivity (Wildman–Crippen MR) is 55.2 cm³/mol. The van der Waals surface area contributed by atoms with Gasteiger partial charge in [0.25, 0.3) is 0 Å². The second-order valence-electron chi connectivity index (χ2n) is 4.68. The molecular formula is C12H20O2. The van der Waals surface area contributed by atoms with E-state index in [1.54, 1.807) is 0 Å². The number of hydrogen-bond donors (Lipinski definition) is 0. The van der Waals surface area contributed by atoms with Crippen LogP contribution in [-0.4, -0.2) is 18.5 Å². The summed E-state index contributed by atoms with van der Waals surface area (Å²) in [6, 6.07) is 0. The van der Waals surface area contributed by atoms with Crippen molar-refractivity contribution in [3.63, 3.8) is 0 Å². The predicted octanol–water partition coefficient (Wildman–Crippen LogP) is 2.70. The molecule has 1 saturated carbocycles. The van der Waals surface area contributed by atoms with Crippen LogP contribution in [0, 0.1) is 5.92 Å². The van der Waals surface area contributed by atoms with E-state index >= 15 is 0 Å². The van der Waals surface area contributed by atoms with Gasteiger partial charge in [-0.3, -0.25) is 0 Å². The lowest BCUT2D eigenvalue weighted by Crippen LogP contribution is -2.35. The van der Waals surface area contributed by atoms with E-state index < -0.39 is 0 Å². The molecule has 0 bridgehead atoms. The topological polar surface area (TPSA) is 26.3 Å². The number of rotatable bonds is 2. The molecule has 0 radical (unpaired) electrons. The molecule has 2 unspecified atom stereocenters. The van der Waals surface area contributed by atoms with E-state index in [-0.39, 0.29) is 6.10 Å². The first kappa shape index (κ1) is 10.2. The Kier molecular flexibility index (Phi) is 3.57. The molecule has 0 aromatic rings. The minimum Gasteiger partial charge on any atom is -0.367 e. The zero-order chi connectivity index (χ0) is 9.80. The summed E-state index contributed by atoms with van der Waals surface area (Å²) in [5.74, 6) is 0.742. The molecule has 1 aliphatic carbocycles. The van der Waals surface area contributed by atoms with Gasteiger partial charge in [0.2, 0.25) is 0 Å². The lowest BCUT2D eigenvalue weighted by molar-refractivity contribution is -0.131. The van der Waals surface area contributed by atoms with Crippen molar-refractivity contribution in [2.45, 2.75) is 63.6 Å². The minimum atomic E-state index is -0.101. The highest BCUT2D eigenvalue weighted by Crippen LogP contribution is 2.33. The first-order valence-electron chi connectivity index (χ1n) is 6.01. The summed E-state index contributed by atoms with van der Waals surface area (Å²) in [6.45, 7) is 0. The molecule has 2 fully saturated rings. The zero-order valence-electron chi connectivity index (χ0n) is 8.78. The molecule has 2 nitrogen and oxygen atoms in total. The monoisotopic (exact) mass is 196 g/mol. The van der Waals surface area contributed by atoms with Crippen LogP contribution in [0.5, 0.6) is 0 Å². The SMILES string of the molecule is O=CC1CCCC(C2CCCCC2)O1. The zero-order valence-corrected chi connectivity index (χ0v) is 8.78. The first-order valence-corrected chi connectivity index (χ1v) is 6.01. The molecule has 2 aliphatic rings. The van der Waals surface area contributed by atoms with Crippen LogP contribution < -0.4 is 0 Å². The van der Waals surface area contributed by atoms with Gasteiger partial charge in [0.1, 0.15) is 12.4 Å². The smallest absolute Gasteiger partial charge is 0.148 e. The molecule has 1 heterocycles. The Morgan fingerprint density at radius 3 is 2.43 bits per heavy atom. The lowest BCUT2D eigenvalue weighted by Gasteiger charge is -2.35. The lowest BCUT2D eigenvalue weighted by atomic mass is 9.82. The van der Waals surface area contributed by atoms with Crippen molar-refractivity contribution in [1.29, 1.82) is 0 Å². The maximum Gasteiger partial charge on any atom is 0.148 e. The van der Waals surface area contributed by atoms with Crippen LogP contribution in [0.2, 0.25) is 0 Å². The molecule has 0 amide bonds. The summed E-state index contributed by atoms with van der Waals surface area (Å²) in [4.78, 5) is 10.7. The summed E-state index contributed by atoms with van der Waals surface area (Å²) in [5, 5.41) is 0. The molecule has 2 heteroatoms. The number of hydrogen-bond acceptors (Lipinski definition) is 2. The van der Waals surface area contributed by atoms with Crippen molar-refractivity contribution < 1.29 is 9.53 Å². The standard InChI is InChI=1S/C12H20O2/c13-9-11-7-4-8-12(14-11)10-5-2-1-3-6-10/h9-12H,1-8H2. The van der Waals surface area contributed by atoms with Crippen molar-refractivity contribution in [3.05, 3.63) is 0 Å². The van der Waals surface area contributed by atoms with E-state index in [4.69, 9.17) is 4.74 Å². The third-order valence-corrected chi connectivity index (χ3v) is 3.65. The number of carbonyl (C=O) groups is 1. The Morgan fingerprint density at radius 1 is 0.929 bits per heavy atom. The van der Waals surface area contributed by atoms with Crippen molar-refractivity contribution in [2.75, 3.05) is 0 Å². The average molecular weight is 196 g/mol. The maximum atomic E-state index is 10.7. The second kappa shape index (κ2) is 4.92. The van der Waals surface area contributed by atoms with Gasteiger partial charge < -0.3 is 9.53 Å². The Hall–Kier alpha value is -0.370. The largest absolute Gasteiger partial charge is 0.367 e. The third-order valence-electron chi connectivity index (χ3n) is 3.65. The summed E-state index contributed by atoms with van der Waals surface area (Å²) in [7, 11) is 0. The maximum absolute atomic E-state index is 10.7. The molecule has 0 aromatic heterocycles. The minimum absolute atomic E-state index is 0.101. The van der Waals surface area contributed by atoms with Crippen molar-refractivity contribution >= 4 is 6.29 Å². The molecule has 1 aliphatic heterocycles. The highest BCUT2D eigenvalue weighted by Gasteiger charge is 2.29. The van der Waals surface area contributed by atoms with Crippen LogP contribution in [0.25, 0.3) is 0 Å². The normalized spacial score (nSPS) is 35.4. The molecule has 80 valence electrons. The second-order valence-corrected chi connectivity index (χ2v) is 4.68. The Labute approximate surface area is 86.0 Å². The van der Waals surface area contributed by atoms with Gasteiger partial charge >= 0.3 is 0 Å². The van der Waals surface area contributed by atoms with Gasteiger partial charge in [-0.2, -0.15) is 0 Å². The Bertz CT molecular complexity index is 185. The molecular weight excluding hydrogens is 176 g/mol. The molecule has 0 aromatic carbocycles. The van der Waals surface area contributed by atoms with Gasteiger partial charge in [-0.15, -0.1) is 0 Å². The fraction of sp³-hybridized carbons (Fsp3) is 0.917. The van der Waals surface area contributed by atoms with E-state index in [1.807, 2.05) is 0 Å². The summed E-state index contributed by atoms with van der Waals surface area (Å²) >= 11 is 0. The van der Waals surface area contributed by atoms with Gasteiger partial charge in [0, 0.05) is 0 Å². The number of ether oxygens (including phenoxy) is 1. The van der Waals surface area contributed by atoms with Gasteiger partial charge in [0.15, 0.2) is 0 Å². The highest BCUT2D eigenvalue weighted by atomic mass is 16.5.